The summed E-state index contributed by atoms with van der Waals surface area (Å²) in [6, 6.07) is -0.0201. The Morgan fingerprint density at radius 3 is 3.05 bits per heavy atom. The normalized spacial score (nSPS) is 24.4. The first kappa shape index (κ1) is 15.3. The van der Waals surface area contributed by atoms with E-state index in [0.29, 0.717) is 19.7 Å². The Kier molecular flexibility index (Phi) is 4.99. The van der Waals surface area contributed by atoms with Crippen molar-refractivity contribution in [3.8, 4) is 0 Å². The SMILES string of the molecule is CCC(NC(=O)N1CCOC(C)(CC)C1)c1nccs1. The molecule has 0 radical (unpaired) electrons. The van der Waals surface area contributed by atoms with Crippen molar-refractivity contribution in [2.45, 2.75) is 45.3 Å². The van der Waals surface area contributed by atoms with Crippen molar-refractivity contribution in [1.29, 1.82) is 0 Å². The second kappa shape index (κ2) is 6.54. The molecule has 20 heavy (non-hydrogen) atoms. The zero-order valence-corrected chi connectivity index (χ0v) is 13.2. The van der Waals surface area contributed by atoms with Gasteiger partial charge in [0, 0.05) is 18.1 Å². The van der Waals surface area contributed by atoms with Crippen LogP contribution >= 0.6 is 11.3 Å². The molecule has 0 saturated carbocycles. The van der Waals surface area contributed by atoms with Crippen LogP contribution in [0.4, 0.5) is 4.79 Å². The Morgan fingerprint density at radius 1 is 1.65 bits per heavy atom. The molecule has 1 aromatic rings. The molecule has 1 fully saturated rings. The van der Waals surface area contributed by atoms with Gasteiger partial charge in [-0.3, -0.25) is 0 Å². The van der Waals surface area contributed by atoms with E-state index in [1.807, 2.05) is 10.3 Å². The van der Waals surface area contributed by atoms with Crippen LogP contribution in [0.5, 0.6) is 0 Å². The Bertz CT molecular complexity index is 438. The lowest BCUT2D eigenvalue weighted by atomic mass is 10.0. The Hall–Kier alpha value is -1.14. The first-order valence-corrected chi connectivity index (χ1v) is 8.04. The number of nitrogens with one attached hydrogen (secondary N) is 1. The van der Waals surface area contributed by atoms with E-state index >= 15 is 0 Å². The van der Waals surface area contributed by atoms with E-state index in [2.05, 4.69) is 31.1 Å². The van der Waals surface area contributed by atoms with E-state index in [4.69, 9.17) is 4.74 Å². The Balaban J connectivity index is 1.97. The topological polar surface area (TPSA) is 54.5 Å². The predicted octanol–water partition coefficient (Wildman–Crippen LogP) is 2.80. The molecule has 0 aliphatic carbocycles. The number of carbonyl (C=O) groups excluding carboxylic acids is 1. The number of aromatic nitrogens is 1. The van der Waals surface area contributed by atoms with Crippen LogP contribution in [-0.4, -0.2) is 41.2 Å². The Labute approximate surface area is 124 Å². The molecule has 2 amide bonds. The van der Waals surface area contributed by atoms with Crippen molar-refractivity contribution in [2.24, 2.45) is 0 Å². The number of amides is 2. The van der Waals surface area contributed by atoms with E-state index in [1.54, 1.807) is 17.5 Å². The summed E-state index contributed by atoms with van der Waals surface area (Å²) in [5.74, 6) is 0. The van der Waals surface area contributed by atoms with Crippen molar-refractivity contribution < 1.29 is 9.53 Å². The van der Waals surface area contributed by atoms with E-state index in [0.717, 1.165) is 17.8 Å². The van der Waals surface area contributed by atoms with Crippen molar-refractivity contribution in [3.63, 3.8) is 0 Å². The predicted molar refractivity (Wildman–Crippen MR) is 79.9 cm³/mol. The van der Waals surface area contributed by atoms with Crippen LogP contribution in [0.3, 0.4) is 0 Å². The van der Waals surface area contributed by atoms with Crippen LogP contribution in [-0.2, 0) is 4.74 Å². The van der Waals surface area contributed by atoms with Crippen LogP contribution in [0.1, 0.15) is 44.7 Å². The maximum absolute atomic E-state index is 12.4. The largest absolute Gasteiger partial charge is 0.372 e. The minimum Gasteiger partial charge on any atom is -0.372 e. The number of ether oxygens (including phenoxy) is 1. The molecule has 0 spiro atoms. The van der Waals surface area contributed by atoms with Crippen LogP contribution in [0.2, 0.25) is 0 Å². The van der Waals surface area contributed by atoms with Crippen molar-refractivity contribution in [1.82, 2.24) is 15.2 Å². The molecule has 1 aliphatic rings. The fourth-order valence-corrected chi connectivity index (χ4v) is 3.08. The molecule has 2 unspecified atom stereocenters. The fraction of sp³-hybridized carbons (Fsp3) is 0.714. The third kappa shape index (κ3) is 3.49. The molecular weight excluding hydrogens is 274 g/mol. The number of nitrogens with zero attached hydrogens (tertiary/aromatic N) is 2. The van der Waals surface area contributed by atoms with Crippen LogP contribution in [0.25, 0.3) is 0 Å². The number of carbonyl (C=O) groups is 1. The highest BCUT2D eigenvalue weighted by Gasteiger charge is 2.33. The van der Waals surface area contributed by atoms with Crippen molar-refractivity contribution in [3.05, 3.63) is 16.6 Å². The zero-order chi connectivity index (χ0) is 14.6. The lowest BCUT2D eigenvalue weighted by Gasteiger charge is -2.40. The zero-order valence-electron chi connectivity index (χ0n) is 12.4. The number of rotatable bonds is 4. The highest BCUT2D eigenvalue weighted by atomic mass is 32.1. The van der Waals surface area contributed by atoms with Gasteiger partial charge < -0.3 is 15.0 Å². The molecule has 5 nitrogen and oxygen atoms in total. The first-order chi connectivity index (χ1) is 9.58. The molecule has 0 bridgehead atoms. The summed E-state index contributed by atoms with van der Waals surface area (Å²) >= 11 is 1.58. The van der Waals surface area contributed by atoms with E-state index in [9.17, 15) is 4.79 Å². The average molecular weight is 297 g/mol. The minimum atomic E-state index is -0.224. The smallest absolute Gasteiger partial charge is 0.318 e. The summed E-state index contributed by atoms with van der Waals surface area (Å²) in [7, 11) is 0. The fourth-order valence-electron chi connectivity index (χ4n) is 2.30. The molecule has 6 heteroatoms. The quantitative estimate of drug-likeness (QED) is 0.929. The summed E-state index contributed by atoms with van der Waals surface area (Å²) in [5, 5.41) is 5.98. The van der Waals surface area contributed by atoms with E-state index in [-0.39, 0.29) is 17.7 Å². The average Bonchev–Trinajstić information content (AvgIpc) is 2.98. The molecule has 1 saturated heterocycles. The number of hydrogen-bond acceptors (Lipinski definition) is 4. The first-order valence-electron chi connectivity index (χ1n) is 7.16. The standard InChI is InChI=1S/C14H23N3O2S/c1-4-11(12-15-6-9-20-12)16-13(18)17-7-8-19-14(3,5-2)10-17/h6,9,11H,4-5,7-8,10H2,1-3H3,(H,16,18). The Morgan fingerprint density at radius 2 is 2.45 bits per heavy atom. The second-order valence-electron chi connectivity index (χ2n) is 5.35. The molecule has 1 N–H and O–H groups in total. The van der Waals surface area contributed by atoms with Gasteiger partial charge in [0.1, 0.15) is 5.01 Å². The molecule has 0 aromatic carbocycles. The van der Waals surface area contributed by atoms with Crippen LogP contribution < -0.4 is 5.32 Å². The molecule has 112 valence electrons. The van der Waals surface area contributed by atoms with Gasteiger partial charge in [0.2, 0.25) is 0 Å². The highest BCUT2D eigenvalue weighted by Crippen LogP contribution is 2.23. The van der Waals surface area contributed by atoms with Gasteiger partial charge in [0.05, 0.1) is 24.8 Å². The second-order valence-corrected chi connectivity index (χ2v) is 6.28. The third-order valence-electron chi connectivity index (χ3n) is 3.83. The van der Waals surface area contributed by atoms with Gasteiger partial charge in [-0.25, -0.2) is 9.78 Å². The summed E-state index contributed by atoms with van der Waals surface area (Å²) in [6.07, 6.45) is 3.52. The number of hydrogen-bond donors (Lipinski definition) is 1. The number of urea groups is 1. The summed E-state index contributed by atoms with van der Waals surface area (Å²) in [5.41, 5.74) is -0.224. The molecule has 1 aromatic heterocycles. The molecule has 2 heterocycles. The van der Waals surface area contributed by atoms with Crippen molar-refractivity contribution >= 4 is 17.4 Å². The van der Waals surface area contributed by atoms with Crippen LogP contribution in [0.15, 0.2) is 11.6 Å². The van der Waals surface area contributed by atoms with Gasteiger partial charge in [-0.05, 0) is 19.8 Å². The summed E-state index contributed by atoms with van der Waals surface area (Å²) < 4.78 is 5.77. The van der Waals surface area contributed by atoms with Gasteiger partial charge in [0.15, 0.2) is 0 Å². The van der Waals surface area contributed by atoms with Gasteiger partial charge in [-0.2, -0.15) is 0 Å². The lowest BCUT2D eigenvalue weighted by molar-refractivity contribution is -0.0874. The maximum Gasteiger partial charge on any atom is 0.318 e. The summed E-state index contributed by atoms with van der Waals surface area (Å²) in [6.45, 7) is 8.10. The monoisotopic (exact) mass is 297 g/mol. The minimum absolute atomic E-state index is 0.00164. The van der Waals surface area contributed by atoms with Crippen molar-refractivity contribution in [2.75, 3.05) is 19.7 Å². The summed E-state index contributed by atoms with van der Waals surface area (Å²) in [4.78, 5) is 18.5. The number of thiazole rings is 1. The van der Waals surface area contributed by atoms with Gasteiger partial charge >= 0.3 is 6.03 Å². The molecule has 2 atom stereocenters. The molecular formula is C14H23N3O2S. The van der Waals surface area contributed by atoms with Gasteiger partial charge in [0.25, 0.3) is 0 Å². The third-order valence-corrected chi connectivity index (χ3v) is 4.72. The van der Waals surface area contributed by atoms with E-state index < -0.39 is 0 Å². The van der Waals surface area contributed by atoms with Crippen LogP contribution in [0, 0.1) is 0 Å². The van der Waals surface area contributed by atoms with E-state index in [1.165, 1.54) is 0 Å². The highest BCUT2D eigenvalue weighted by molar-refractivity contribution is 7.09. The maximum atomic E-state index is 12.4. The number of morpholine rings is 1. The lowest BCUT2D eigenvalue weighted by Crippen LogP contribution is -2.54. The van der Waals surface area contributed by atoms with Gasteiger partial charge in [-0.1, -0.05) is 13.8 Å². The van der Waals surface area contributed by atoms with Gasteiger partial charge in [-0.15, -0.1) is 11.3 Å². The molecule has 1 aliphatic heterocycles. The molecule has 2 rings (SSSR count).